The topological polar surface area (TPSA) is 46.1 Å². The van der Waals surface area contributed by atoms with E-state index in [1.54, 1.807) is 0 Å². The van der Waals surface area contributed by atoms with Crippen molar-refractivity contribution in [3.63, 3.8) is 0 Å². The Morgan fingerprint density at radius 3 is 2.65 bits per heavy atom. The van der Waals surface area contributed by atoms with Gasteiger partial charge in [-0.25, -0.2) is 0 Å². The molecule has 0 radical (unpaired) electrons. The van der Waals surface area contributed by atoms with E-state index in [4.69, 9.17) is 11.6 Å². The van der Waals surface area contributed by atoms with Gasteiger partial charge in [0.25, 0.3) is 0 Å². The number of rotatable bonds is 7. The number of hydrogen-bond donors (Lipinski definition) is 2. The van der Waals surface area contributed by atoms with E-state index in [2.05, 4.69) is 69.5 Å². The van der Waals surface area contributed by atoms with Crippen LogP contribution in [0.5, 0.6) is 0 Å². The van der Waals surface area contributed by atoms with Crippen LogP contribution in [-0.2, 0) is 0 Å². The molecule has 174 valence electrons. The van der Waals surface area contributed by atoms with E-state index in [1.807, 2.05) is 13.1 Å². The monoisotopic (exact) mass is 448 g/mol. The highest BCUT2D eigenvalue weighted by Crippen LogP contribution is 2.35. The van der Waals surface area contributed by atoms with Crippen LogP contribution in [0.2, 0.25) is 5.02 Å². The van der Waals surface area contributed by atoms with Gasteiger partial charge in [-0.05, 0) is 63.0 Å². The summed E-state index contributed by atoms with van der Waals surface area (Å²) in [6.07, 6.45) is 2.44. The molecular weight excluding hydrogens is 408 g/mol. The lowest BCUT2D eigenvalue weighted by Gasteiger charge is -2.40. The number of benzene rings is 1. The van der Waals surface area contributed by atoms with Gasteiger partial charge in [-0.2, -0.15) is 0 Å². The molecule has 6 nitrogen and oxygen atoms in total. The maximum Gasteiger partial charge on any atom is 0.190 e. The SMILES string of the molecule is CN=C(NCC(C)CN1CCN(C)CC1)NCC1CCCN(C)C1c1cccc(Cl)c1. The van der Waals surface area contributed by atoms with Gasteiger partial charge in [-0.3, -0.25) is 9.89 Å². The Kier molecular flexibility index (Phi) is 9.45. The summed E-state index contributed by atoms with van der Waals surface area (Å²) in [7, 11) is 6.30. The van der Waals surface area contributed by atoms with Crippen molar-refractivity contribution in [3.8, 4) is 0 Å². The number of nitrogens with one attached hydrogen (secondary N) is 2. The third-order valence-electron chi connectivity index (χ3n) is 6.74. The third kappa shape index (κ3) is 7.35. The number of piperazine rings is 1. The molecule has 0 spiro atoms. The first-order valence-electron chi connectivity index (χ1n) is 11.8. The van der Waals surface area contributed by atoms with Crippen LogP contribution in [0, 0.1) is 11.8 Å². The summed E-state index contributed by atoms with van der Waals surface area (Å²) in [5, 5.41) is 7.96. The number of piperidine rings is 1. The minimum atomic E-state index is 0.384. The van der Waals surface area contributed by atoms with Crippen molar-refractivity contribution < 1.29 is 0 Å². The van der Waals surface area contributed by atoms with Crippen LogP contribution in [0.3, 0.4) is 0 Å². The number of likely N-dealkylation sites (tertiary alicyclic amines) is 1. The molecule has 2 aliphatic rings. The Bertz CT molecular complexity index is 703. The number of halogens is 1. The number of guanidine groups is 1. The van der Waals surface area contributed by atoms with E-state index in [-0.39, 0.29) is 0 Å². The molecule has 0 aromatic heterocycles. The maximum atomic E-state index is 6.29. The van der Waals surface area contributed by atoms with E-state index in [9.17, 15) is 0 Å². The van der Waals surface area contributed by atoms with Gasteiger partial charge in [0.05, 0.1) is 0 Å². The van der Waals surface area contributed by atoms with Crippen molar-refractivity contribution in [1.82, 2.24) is 25.3 Å². The van der Waals surface area contributed by atoms with Crippen molar-refractivity contribution in [2.45, 2.75) is 25.8 Å². The molecule has 3 unspecified atom stereocenters. The van der Waals surface area contributed by atoms with E-state index >= 15 is 0 Å². The fourth-order valence-electron chi connectivity index (χ4n) is 4.95. The summed E-state index contributed by atoms with van der Waals surface area (Å²) in [5.74, 6) is 2.02. The van der Waals surface area contributed by atoms with Gasteiger partial charge in [0, 0.05) is 63.9 Å². The molecule has 3 atom stereocenters. The molecular formula is C24H41ClN6. The van der Waals surface area contributed by atoms with Crippen LogP contribution >= 0.6 is 11.6 Å². The van der Waals surface area contributed by atoms with Crippen molar-refractivity contribution >= 4 is 17.6 Å². The van der Waals surface area contributed by atoms with E-state index in [0.717, 1.165) is 37.2 Å². The standard InChI is InChI=1S/C24H41ClN6/c1-19(18-31-13-11-29(3)12-14-31)16-27-24(26-2)28-17-21-8-6-10-30(4)23(21)20-7-5-9-22(25)15-20/h5,7,9,15,19,21,23H,6,8,10-14,16-18H2,1-4H3,(H2,26,27,28). The predicted octanol–water partition coefficient (Wildman–Crippen LogP) is 2.77. The number of likely N-dealkylation sites (N-methyl/N-ethyl adjacent to an activating group) is 1. The van der Waals surface area contributed by atoms with Crippen molar-refractivity contribution in [1.29, 1.82) is 0 Å². The molecule has 31 heavy (non-hydrogen) atoms. The molecule has 0 amide bonds. The lowest BCUT2D eigenvalue weighted by Crippen LogP contribution is -2.48. The summed E-state index contributed by atoms with van der Waals surface area (Å²) in [6, 6.07) is 8.73. The molecule has 2 aliphatic heterocycles. The fourth-order valence-corrected chi connectivity index (χ4v) is 5.14. The highest BCUT2D eigenvalue weighted by atomic mass is 35.5. The fraction of sp³-hybridized carbons (Fsp3) is 0.708. The molecule has 7 heteroatoms. The molecule has 2 saturated heterocycles. The second-order valence-corrected chi connectivity index (χ2v) is 9.86. The van der Waals surface area contributed by atoms with Crippen LogP contribution in [0.15, 0.2) is 29.3 Å². The first-order valence-corrected chi connectivity index (χ1v) is 12.1. The summed E-state index contributed by atoms with van der Waals surface area (Å²) in [6.45, 7) is 11.1. The maximum absolute atomic E-state index is 6.29. The van der Waals surface area contributed by atoms with Crippen molar-refractivity contribution in [3.05, 3.63) is 34.9 Å². The first kappa shape index (κ1) is 24.3. The molecule has 0 aliphatic carbocycles. The van der Waals surface area contributed by atoms with E-state index < -0.39 is 0 Å². The zero-order chi connectivity index (χ0) is 22.2. The van der Waals surface area contributed by atoms with Crippen LogP contribution in [-0.4, -0.2) is 94.2 Å². The number of hydrogen-bond acceptors (Lipinski definition) is 4. The largest absolute Gasteiger partial charge is 0.356 e. The molecule has 3 rings (SSSR count). The van der Waals surface area contributed by atoms with Crippen molar-refractivity contribution in [2.75, 3.05) is 73.5 Å². The van der Waals surface area contributed by atoms with Gasteiger partial charge >= 0.3 is 0 Å². The molecule has 2 heterocycles. The van der Waals surface area contributed by atoms with Crippen molar-refractivity contribution in [2.24, 2.45) is 16.8 Å². The van der Waals surface area contributed by atoms with Crippen LogP contribution in [0.1, 0.15) is 31.4 Å². The predicted molar refractivity (Wildman–Crippen MR) is 132 cm³/mol. The zero-order valence-corrected chi connectivity index (χ0v) is 20.5. The minimum absolute atomic E-state index is 0.384. The first-order chi connectivity index (χ1) is 15.0. The summed E-state index contributed by atoms with van der Waals surface area (Å²) in [5.41, 5.74) is 1.31. The average molecular weight is 449 g/mol. The van der Waals surface area contributed by atoms with E-state index in [0.29, 0.717) is 17.9 Å². The molecule has 2 N–H and O–H groups in total. The van der Waals surface area contributed by atoms with Gasteiger partial charge in [-0.1, -0.05) is 30.7 Å². The Balaban J connectivity index is 1.48. The Hall–Kier alpha value is -1.34. The molecule has 0 bridgehead atoms. The van der Waals surface area contributed by atoms with E-state index in [1.165, 1.54) is 44.6 Å². The Morgan fingerprint density at radius 1 is 1.16 bits per heavy atom. The third-order valence-corrected chi connectivity index (χ3v) is 6.97. The highest BCUT2D eigenvalue weighted by Gasteiger charge is 2.30. The molecule has 2 fully saturated rings. The Labute approximate surface area is 194 Å². The van der Waals surface area contributed by atoms with Gasteiger partial charge < -0.3 is 20.4 Å². The lowest BCUT2D eigenvalue weighted by molar-refractivity contribution is 0.122. The molecule has 1 aromatic carbocycles. The van der Waals surface area contributed by atoms with Gasteiger partial charge in [0.15, 0.2) is 5.96 Å². The molecule has 1 aromatic rings. The average Bonchev–Trinajstić information content (AvgIpc) is 2.75. The normalized spacial score (nSPS) is 25.4. The van der Waals surface area contributed by atoms with Crippen LogP contribution in [0.25, 0.3) is 0 Å². The van der Waals surface area contributed by atoms with Gasteiger partial charge in [0.2, 0.25) is 0 Å². The second-order valence-electron chi connectivity index (χ2n) is 9.43. The van der Waals surface area contributed by atoms with Crippen LogP contribution < -0.4 is 10.6 Å². The Morgan fingerprint density at radius 2 is 1.94 bits per heavy atom. The van der Waals surface area contributed by atoms with Gasteiger partial charge in [-0.15, -0.1) is 0 Å². The molecule has 0 saturated carbocycles. The zero-order valence-electron chi connectivity index (χ0n) is 19.8. The summed E-state index contributed by atoms with van der Waals surface area (Å²) >= 11 is 6.29. The summed E-state index contributed by atoms with van der Waals surface area (Å²) < 4.78 is 0. The lowest BCUT2D eigenvalue weighted by atomic mass is 9.85. The minimum Gasteiger partial charge on any atom is -0.356 e. The van der Waals surface area contributed by atoms with Crippen LogP contribution in [0.4, 0.5) is 0 Å². The number of aliphatic imine (C=N–C) groups is 1. The van der Waals surface area contributed by atoms with Gasteiger partial charge in [0.1, 0.15) is 0 Å². The quantitative estimate of drug-likeness (QED) is 0.496. The summed E-state index contributed by atoms with van der Waals surface area (Å²) in [4.78, 5) is 11.9. The second kappa shape index (κ2) is 12.0. The smallest absolute Gasteiger partial charge is 0.190 e. The number of nitrogens with zero attached hydrogens (tertiary/aromatic N) is 4. The highest BCUT2D eigenvalue weighted by molar-refractivity contribution is 6.30.